The number of esters is 2. The molecule has 0 bridgehead atoms. The number of fused-ring (bicyclic) bond motifs is 1. The van der Waals surface area contributed by atoms with E-state index in [0.29, 0.717) is 11.1 Å². The highest BCUT2D eigenvalue weighted by Crippen LogP contribution is 2.51. The van der Waals surface area contributed by atoms with Gasteiger partial charge in [0.2, 0.25) is 0 Å². The van der Waals surface area contributed by atoms with E-state index in [0.717, 1.165) is 0 Å². The SMILES string of the molecule is C[C@H](OC(=O)c1ccccc1)[C@H]1O[C@@H]2O[C@]2(C)[C@H]1OC(=O)c1ccccc1. The molecule has 140 valence electrons. The summed E-state index contributed by atoms with van der Waals surface area (Å²) < 4.78 is 22.6. The minimum Gasteiger partial charge on any atom is -0.456 e. The van der Waals surface area contributed by atoms with E-state index in [1.165, 1.54) is 0 Å². The Morgan fingerprint density at radius 3 is 2.11 bits per heavy atom. The van der Waals surface area contributed by atoms with E-state index in [9.17, 15) is 9.59 Å². The first-order valence-corrected chi connectivity index (χ1v) is 8.84. The van der Waals surface area contributed by atoms with Crippen molar-refractivity contribution in [2.75, 3.05) is 0 Å². The summed E-state index contributed by atoms with van der Waals surface area (Å²) in [7, 11) is 0. The Labute approximate surface area is 157 Å². The van der Waals surface area contributed by atoms with Crippen LogP contribution in [0.4, 0.5) is 0 Å². The minimum atomic E-state index is -0.720. The molecular formula is C21H20O6. The van der Waals surface area contributed by atoms with Crippen molar-refractivity contribution < 1.29 is 28.5 Å². The number of hydrogen-bond acceptors (Lipinski definition) is 6. The van der Waals surface area contributed by atoms with Crippen LogP contribution in [0, 0.1) is 0 Å². The first-order chi connectivity index (χ1) is 13.0. The van der Waals surface area contributed by atoms with E-state index < -0.39 is 42.1 Å². The molecule has 2 saturated heterocycles. The third kappa shape index (κ3) is 3.34. The molecule has 0 aliphatic carbocycles. The average molecular weight is 368 g/mol. The molecule has 2 aliphatic heterocycles. The van der Waals surface area contributed by atoms with Crippen molar-refractivity contribution in [2.45, 2.75) is 44.1 Å². The number of ether oxygens (including phenoxy) is 4. The quantitative estimate of drug-likeness (QED) is 0.597. The lowest BCUT2D eigenvalue weighted by Gasteiger charge is -2.28. The van der Waals surface area contributed by atoms with Gasteiger partial charge in [0.15, 0.2) is 18.0 Å². The highest BCUT2D eigenvalue weighted by molar-refractivity contribution is 5.90. The lowest BCUT2D eigenvalue weighted by Crippen LogP contribution is -2.45. The topological polar surface area (TPSA) is 74.4 Å². The minimum absolute atomic E-state index is 0.442. The van der Waals surface area contributed by atoms with Crippen LogP contribution in [0.25, 0.3) is 0 Å². The largest absolute Gasteiger partial charge is 0.456 e. The second-order valence-electron chi connectivity index (χ2n) is 6.90. The van der Waals surface area contributed by atoms with E-state index in [2.05, 4.69) is 0 Å². The first kappa shape index (κ1) is 17.7. The second kappa shape index (κ2) is 6.79. The van der Waals surface area contributed by atoms with Gasteiger partial charge in [-0.1, -0.05) is 36.4 Å². The van der Waals surface area contributed by atoms with Crippen molar-refractivity contribution in [1.82, 2.24) is 0 Å². The lowest BCUT2D eigenvalue weighted by atomic mass is 9.99. The number of epoxide rings is 1. The van der Waals surface area contributed by atoms with E-state index >= 15 is 0 Å². The van der Waals surface area contributed by atoms with Crippen LogP contribution in [0.2, 0.25) is 0 Å². The van der Waals surface area contributed by atoms with Gasteiger partial charge in [0.05, 0.1) is 11.1 Å². The van der Waals surface area contributed by atoms with Gasteiger partial charge < -0.3 is 18.9 Å². The van der Waals surface area contributed by atoms with Crippen LogP contribution in [-0.4, -0.2) is 42.1 Å². The summed E-state index contributed by atoms with van der Waals surface area (Å²) in [6, 6.07) is 17.4. The molecule has 2 aliphatic rings. The Bertz CT molecular complexity index is 836. The van der Waals surface area contributed by atoms with Crippen LogP contribution < -0.4 is 0 Å². The molecule has 0 aromatic heterocycles. The summed E-state index contributed by atoms with van der Waals surface area (Å²) in [4.78, 5) is 24.8. The standard InChI is InChI=1S/C21H20O6/c1-13(24-18(22)14-9-5-3-6-10-14)16-17(21(2)20(25-16)27-21)26-19(23)15-11-7-4-8-12-15/h3-13,16-17,20H,1-2H3/t13-,16+,17-,20+,21+/m0/s1. The molecule has 0 saturated carbocycles. The predicted molar refractivity (Wildman–Crippen MR) is 95.1 cm³/mol. The molecule has 6 heteroatoms. The van der Waals surface area contributed by atoms with Gasteiger partial charge in [0.25, 0.3) is 0 Å². The summed E-state index contributed by atoms with van der Waals surface area (Å²) >= 11 is 0. The number of benzene rings is 2. The Balaban J connectivity index is 1.47. The summed E-state index contributed by atoms with van der Waals surface area (Å²) in [5, 5.41) is 0. The van der Waals surface area contributed by atoms with Crippen molar-refractivity contribution in [3.8, 4) is 0 Å². The molecule has 2 aromatic carbocycles. The lowest BCUT2D eigenvalue weighted by molar-refractivity contribution is -0.127. The van der Waals surface area contributed by atoms with Crippen molar-refractivity contribution in [3.05, 3.63) is 71.8 Å². The molecule has 27 heavy (non-hydrogen) atoms. The number of rotatable bonds is 5. The van der Waals surface area contributed by atoms with Gasteiger partial charge in [0, 0.05) is 0 Å². The molecule has 0 unspecified atom stereocenters. The van der Waals surface area contributed by atoms with E-state index in [-0.39, 0.29) is 0 Å². The molecule has 2 aromatic rings. The van der Waals surface area contributed by atoms with Gasteiger partial charge >= 0.3 is 11.9 Å². The fourth-order valence-corrected chi connectivity index (χ4v) is 3.28. The summed E-state index contributed by atoms with van der Waals surface area (Å²) in [6.45, 7) is 3.55. The van der Waals surface area contributed by atoms with Gasteiger partial charge in [-0.25, -0.2) is 9.59 Å². The van der Waals surface area contributed by atoms with E-state index in [1.807, 2.05) is 19.1 Å². The van der Waals surface area contributed by atoms with Crippen LogP contribution in [-0.2, 0) is 18.9 Å². The summed E-state index contributed by atoms with van der Waals surface area (Å²) in [5.74, 6) is -0.917. The maximum Gasteiger partial charge on any atom is 0.338 e. The van der Waals surface area contributed by atoms with Gasteiger partial charge in [0.1, 0.15) is 12.2 Å². The molecule has 6 nitrogen and oxygen atoms in total. The fraction of sp³-hybridized carbons (Fsp3) is 0.333. The Kier molecular flexibility index (Phi) is 4.45. The third-order valence-corrected chi connectivity index (χ3v) is 4.92. The maximum absolute atomic E-state index is 12.5. The summed E-state index contributed by atoms with van der Waals surface area (Å²) in [6.07, 6.45) is -2.35. The first-order valence-electron chi connectivity index (χ1n) is 8.84. The monoisotopic (exact) mass is 368 g/mol. The molecular weight excluding hydrogens is 348 g/mol. The third-order valence-electron chi connectivity index (χ3n) is 4.92. The smallest absolute Gasteiger partial charge is 0.338 e. The second-order valence-corrected chi connectivity index (χ2v) is 6.90. The maximum atomic E-state index is 12.5. The van der Waals surface area contributed by atoms with Crippen molar-refractivity contribution >= 4 is 11.9 Å². The Hall–Kier alpha value is -2.70. The number of carbonyl (C=O) groups is 2. The number of hydrogen-bond donors (Lipinski definition) is 0. The number of carbonyl (C=O) groups excluding carboxylic acids is 2. The normalized spacial score (nSPS) is 29.5. The van der Waals surface area contributed by atoms with Crippen molar-refractivity contribution in [3.63, 3.8) is 0 Å². The van der Waals surface area contributed by atoms with Crippen LogP contribution in [0.5, 0.6) is 0 Å². The molecule has 0 N–H and O–H groups in total. The molecule has 0 radical (unpaired) electrons. The van der Waals surface area contributed by atoms with Crippen LogP contribution in [0.1, 0.15) is 34.6 Å². The average Bonchev–Trinajstić information content (AvgIpc) is 3.28. The molecule has 4 rings (SSSR count). The van der Waals surface area contributed by atoms with Gasteiger partial charge in [-0.15, -0.1) is 0 Å². The Morgan fingerprint density at radius 1 is 0.963 bits per heavy atom. The van der Waals surface area contributed by atoms with Crippen molar-refractivity contribution in [2.24, 2.45) is 0 Å². The molecule has 2 fully saturated rings. The van der Waals surface area contributed by atoms with Crippen LogP contribution >= 0.6 is 0 Å². The van der Waals surface area contributed by atoms with Gasteiger partial charge in [-0.05, 0) is 38.1 Å². The van der Waals surface area contributed by atoms with E-state index in [4.69, 9.17) is 18.9 Å². The molecule has 0 amide bonds. The zero-order chi connectivity index (χ0) is 19.0. The molecule has 0 spiro atoms. The fourth-order valence-electron chi connectivity index (χ4n) is 3.28. The molecule has 2 heterocycles. The van der Waals surface area contributed by atoms with Crippen LogP contribution in [0.3, 0.4) is 0 Å². The highest BCUT2D eigenvalue weighted by atomic mass is 16.8. The predicted octanol–water partition coefficient (Wildman–Crippen LogP) is 2.97. The Morgan fingerprint density at radius 2 is 1.52 bits per heavy atom. The van der Waals surface area contributed by atoms with Gasteiger partial charge in [-0.3, -0.25) is 0 Å². The van der Waals surface area contributed by atoms with Crippen molar-refractivity contribution in [1.29, 1.82) is 0 Å². The summed E-state index contributed by atoms with van der Waals surface area (Å²) in [5.41, 5.74) is 0.174. The van der Waals surface area contributed by atoms with Crippen LogP contribution in [0.15, 0.2) is 60.7 Å². The zero-order valence-corrected chi connectivity index (χ0v) is 15.0. The highest BCUT2D eigenvalue weighted by Gasteiger charge is 2.71. The molecule has 5 atom stereocenters. The van der Waals surface area contributed by atoms with Gasteiger partial charge in [-0.2, -0.15) is 0 Å². The van der Waals surface area contributed by atoms with E-state index in [1.54, 1.807) is 55.5 Å². The zero-order valence-electron chi connectivity index (χ0n) is 15.0.